The van der Waals surface area contributed by atoms with Crippen LogP contribution in [0, 0.1) is 10.1 Å². The number of hydrogen-bond donors (Lipinski definition) is 2. The van der Waals surface area contributed by atoms with Gasteiger partial charge in [-0.05, 0) is 0 Å². The van der Waals surface area contributed by atoms with Crippen molar-refractivity contribution in [2.45, 2.75) is 0 Å². The van der Waals surface area contributed by atoms with Gasteiger partial charge in [0.1, 0.15) is 10.8 Å². The van der Waals surface area contributed by atoms with Crippen LogP contribution in [0.5, 0.6) is 0 Å². The Morgan fingerprint density at radius 1 is 1.50 bits per heavy atom. The second kappa shape index (κ2) is 4.80. The average Bonchev–Trinajstić information content (AvgIpc) is 2.78. The number of H-pyrrole nitrogens is 1. The summed E-state index contributed by atoms with van der Waals surface area (Å²) < 4.78 is 0. The molecule has 8 nitrogen and oxygen atoms in total. The van der Waals surface area contributed by atoms with Crippen molar-refractivity contribution in [1.29, 1.82) is 0 Å². The number of rotatable bonds is 3. The summed E-state index contributed by atoms with van der Waals surface area (Å²) >= 11 is 5.60. The molecule has 0 spiro atoms. The van der Waals surface area contributed by atoms with E-state index in [1.54, 1.807) is 0 Å². The predicted octanol–water partition coefficient (Wildman–Crippen LogP) is 1.62. The zero-order valence-corrected chi connectivity index (χ0v) is 9.51. The van der Waals surface area contributed by atoms with E-state index in [1.807, 2.05) is 0 Å². The molecular weight excluding hydrogens is 262 g/mol. The molecule has 2 aromatic heterocycles. The van der Waals surface area contributed by atoms with Crippen molar-refractivity contribution in [3.05, 3.63) is 45.6 Å². The lowest BCUT2D eigenvalue weighted by molar-refractivity contribution is -0.384. The SMILES string of the molecule is O=C(Nc1cncc(Cl)n1)c1cc([N+](=O)[O-])c[nH]1. The number of nitrogens with one attached hydrogen (secondary N) is 2. The number of aromatic nitrogens is 3. The third-order valence-electron chi connectivity index (χ3n) is 1.97. The fourth-order valence-corrected chi connectivity index (χ4v) is 1.35. The first-order valence-electron chi connectivity index (χ1n) is 4.68. The molecule has 0 aromatic carbocycles. The predicted molar refractivity (Wildman–Crippen MR) is 62.4 cm³/mol. The minimum Gasteiger partial charge on any atom is -0.351 e. The number of anilines is 1. The highest BCUT2D eigenvalue weighted by atomic mass is 35.5. The molecule has 0 unspecified atom stereocenters. The summed E-state index contributed by atoms with van der Waals surface area (Å²) in [6.07, 6.45) is 3.75. The van der Waals surface area contributed by atoms with Crippen LogP contribution in [0.4, 0.5) is 11.5 Å². The molecular formula is C9H6ClN5O3. The van der Waals surface area contributed by atoms with Crippen molar-refractivity contribution < 1.29 is 9.72 Å². The summed E-state index contributed by atoms with van der Waals surface area (Å²) in [7, 11) is 0. The minimum absolute atomic E-state index is 0.0449. The van der Waals surface area contributed by atoms with E-state index in [4.69, 9.17) is 11.6 Å². The number of nitrogens with zero attached hydrogens (tertiary/aromatic N) is 3. The van der Waals surface area contributed by atoms with Gasteiger partial charge >= 0.3 is 0 Å². The maximum atomic E-state index is 11.7. The van der Waals surface area contributed by atoms with Crippen LogP contribution in [0.2, 0.25) is 5.15 Å². The van der Waals surface area contributed by atoms with Gasteiger partial charge in [-0.15, -0.1) is 0 Å². The van der Waals surface area contributed by atoms with Gasteiger partial charge in [0.15, 0.2) is 5.82 Å². The quantitative estimate of drug-likeness (QED) is 0.648. The van der Waals surface area contributed by atoms with Crippen LogP contribution in [-0.2, 0) is 0 Å². The lowest BCUT2D eigenvalue weighted by Crippen LogP contribution is -2.13. The number of aromatic amines is 1. The molecule has 9 heteroatoms. The Morgan fingerprint density at radius 3 is 2.89 bits per heavy atom. The highest BCUT2D eigenvalue weighted by Gasteiger charge is 2.14. The van der Waals surface area contributed by atoms with Crippen molar-refractivity contribution in [2.75, 3.05) is 5.32 Å². The van der Waals surface area contributed by atoms with Gasteiger partial charge in [-0.3, -0.25) is 19.9 Å². The fourth-order valence-electron chi connectivity index (χ4n) is 1.21. The zero-order valence-electron chi connectivity index (χ0n) is 8.75. The van der Waals surface area contributed by atoms with Crippen molar-refractivity contribution >= 4 is 29.0 Å². The van der Waals surface area contributed by atoms with Gasteiger partial charge in [0.25, 0.3) is 11.6 Å². The van der Waals surface area contributed by atoms with E-state index in [1.165, 1.54) is 12.4 Å². The first-order chi connectivity index (χ1) is 8.56. The summed E-state index contributed by atoms with van der Waals surface area (Å²) in [6.45, 7) is 0. The second-order valence-electron chi connectivity index (χ2n) is 3.21. The highest BCUT2D eigenvalue weighted by molar-refractivity contribution is 6.29. The summed E-state index contributed by atoms with van der Waals surface area (Å²) in [4.78, 5) is 31.6. The monoisotopic (exact) mass is 267 g/mol. The van der Waals surface area contributed by atoms with E-state index in [0.717, 1.165) is 12.3 Å². The molecule has 0 bridgehead atoms. The van der Waals surface area contributed by atoms with Crippen LogP contribution >= 0.6 is 11.6 Å². The van der Waals surface area contributed by atoms with Crippen molar-refractivity contribution in [3.63, 3.8) is 0 Å². The molecule has 18 heavy (non-hydrogen) atoms. The molecule has 2 aromatic rings. The third kappa shape index (κ3) is 2.61. The number of hydrogen-bond acceptors (Lipinski definition) is 5. The third-order valence-corrected chi connectivity index (χ3v) is 2.15. The molecule has 0 aliphatic carbocycles. The van der Waals surface area contributed by atoms with Gasteiger partial charge in [-0.2, -0.15) is 0 Å². The normalized spacial score (nSPS) is 10.1. The van der Waals surface area contributed by atoms with Crippen LogP contribution in [0.15, 0.2) is 24.7 Å². The molecule has 92 valence electrons. The number of halogens is 1. The smallest absolute Gasteiger partial charge is 0.287 e. The summed E-state index contributed by atoms with van der Waals surface area (Å²) in [6, 6.07) is 1.12. The Bertz CT molecular complexity index is 612. The molecule has 0 atom stereocenters. The topological polar surface area (TPSA) is 114 Å². The molecule has 2 rings (SSSR count). The standard InChI is InChI=1S/C9H6ClN5O3/c10-7-3-11-4-8(13-7)14-9(16)6-1-5(2-12-6)15(17)18/h1-4,12H,(H,13,14,16). The summed E-state index contributed by atoms with van der Waals surface area (Å²) in [5.41, 5.74) is -0.152. The van der Waals surface area contributed by atoms with Crippen molar-refractivity contribution in [3.8, 4) is 0 Å². The number of amides is 1. The van der Waals surface area contributed by atoms with Gasteiger partial charge in [-0.25, -0.2) is 4.98 Å². The first-order valence-corrected chi connectivity index (χ1v) is 5.06. The molecule has 0 saturated heterocycles. The molecule has 0 fully saturated rings. The van der Waals surface area contributed by atoms with Crippen LogP contribution < -0.4 is 5.32 Å². The Morgan fingerprint density at radius 2 is 2.28 bits per heavy atom. The molecule has 0 aliphatic heterocycles. The van der Waals surface area contributed by atoms with Gasteiger partial charge < -0.3 is 10.3 Å². The van der Waals surface area contributed by atoms with E-state index in [9.17, 15) is 14.9 Å². The first kappa shape index (κ1) is 12.0. The Labute approximate surface area is 105 Å². The van der Waals surface area contributed by atoms with E-state index >= 15 is 0 Å². The van der Waals surface area contributed by atoms with Crippen LogP contribution in [0.1, 0.15) is 10.5 Å². The maximum absolute atomic E-state index is 11.7. The van der Waals surface area contributed by atoms with Crippen LogP contribution in [0.3, 0.4) is 0 Å². The summed E-state index contributed by atoms with van der Waals surface area (Å²) in [5, 5.41) is 13.0. The van der Waals surface area contributed by atoms with E-state index in [-0.39, 0.29) is 22.4 Å². The van der Waals surface area contributed by atoms with E-state index in [0.29, 0.717) is 0 Å². The fraction of sp³-hybridized carbons (Fsp3) is 0. The van der Waals surface area contributed by atoms with Crippen molar-refractivity contribution in [1.82, 2.24) is 15.0 Å². The number of carbonyl (C=O) groups is 1. The minimum atomic E-state index is -0.605. The molecule has 1 amide bonds. The maximum Gasteiger partial charge on any atom is 0.287 e. The van der Waals surface area contributed by atoms with Crippen LogP contribution in [-0.4, -0.2) is 25.8 Å². The largest absolute Gasteiger partial charge is 0.351 e. The van der Waals surface area contributed by atoms with Gasteiger partial charge in [0, 0.05) is 6.07 Å². The number of carbonyl (C=O) groups excluding carboxylic acids is 1. The average molecular weight is 268 g/mol. The lowest BCUT2D eigenvalue weighted by Gasteiger charge is -2.01. The van der Waals surface area contributed by atoms with Crippen LogP contribution in [0.25, 0.3) is 0 Å². The molecule has 2 heterocycles. The molecule has 0 aliphatic rings. The Kier molecular flexibility index (Phi) is 3.20. The van der Waals surface area contributed by atoms with Gasteiger partial charge in [-0.1, -0.05) is 11.6 Å². The highest BCUT2D eigenvalue weighted by Crippen LogP contribution is 2.14. The molecule has 0 radical (unpaired) electrons. The van der Waals surface area contributed by atoms with Crippen molar-refractivity contribution in [2.24, 2.45) is 0 Å². The second-order valence-corrected chi connectivity index (χ2v) is 3.60. The summed E-state index contributed by atoms with van der Waals surface area (Å²) in [5.74, 6) is -0.413. The van der Waals surface area contributed by atoms with E-state index in [2.05, 4.69) is 20.3 Å². The van der Waals surface area contributed by atoms with Gasteiger partial charge in [0.05, 0.1) is 23.5 Å². The van der Waals surface area contributed by atoms with E-state index < -0.39 is 10.8 Å². The number of nitro groups is 1. The Hall–Kier alpha value is -2.48. The lowest BCUT2D eigenvalue weighted by atomic mass is 10.4. The Balaban J connectivity index is 2.14. The molecule has 2 N–H and O–H groups in total. The molecule has 0 saturated carbocycles. The zero-order chi connectivity index (χ0) is 13.1. The van der Waals surface area contributed by atoms with Gasteiger partial charge in [0.2, 0.25) is 0 Å².